The van der Waals surface area contributed by atoms with E-state index in [-0.39, 0.29) is 32.9 Å². The van der Waals surface area contributed by atoms with Gasteiger partial charge in [0, 0.05) is 43.8 Å². The molecular weight excluding hydrogens is 502 g/mol. The SMILES string of the molecule is C=C[C@@H]1C[C@]1(NC(=O)C(C)(C)C(C)(C)N(C)C)C(=O)NS(=O)[O-].[W]. The van der Waals surface area contributed by atoms with E-state index in [1.54, 1.807) is 19.9 Å². The fraction of sp³-hybridized carbons (Fsp3) is 0.733. The van der Waals surface area contributed by atoms with Gasteiger partial charge in [-0.1, -0.05) is 6.08 Å². The smallest absolute Gasteiger partial charge is 0.257 e. The summed E-state index contributed by atoms with van der Waals surface area (Å²) in [7, 11) is 3.75. The van der Waals surface area contributed by atoms with Gasteiger partial charge in [-0.25, -0.2) is 0 Å². The summed E-state index contributed by atoms with van der Waals surface area (Å²) in [6.07, 6.45) is 1.89. The number of hydrogen-bond acceptors (Lipinski definition) is 5. The Bertz CT molecular complexity index is 551. The van der Waals surface area contributed by atoms with Crippen LogP contribution in [0.3, 0.4) is 0 Å². The number of hydrogen-bond donors (Lipinski definition) is 2. The summed E-state index contributed by atoms with van der Waals surface area (Å²) in [6.45, 7) is 11.1. The van der Waals surface area contributed by atoms with Crippen LogP contribution in [0.4, 0.5) is 0 Å². The fourth-order valence-electron chi connectivity index (χ4n) is 2.40. The maximum absolute atomic E-state index is 12.8. The van der Waals surface area contributed by atoms with Gasteiger partial charge in [0.2, 0.25) is 5.91 Å². The van der Waals surface area contributed by atoms with Gasteiger partial charge in [-0.2, -0.15) is 0 Å². The zero-order valence-corrected chi connectivity index (χ0v) is 18.7. The maximum atomic E-state index is 12.8. The average molecular weight is 528 g/mol. The molecule has 0 bridgehead atoms. The van der Waals surface area contributed by atoms with E-state index < -0.39 is 33.7 Å². The van der Waals surface area contributed by atoms with E-state index in [9.17, 15) is 18.4 Å². The molecule has 1 unspecified atom stereocenters. The summed E-state index contributed by atoms with van der Waals surface area (Å²) in [5, 5.41) is 2.75. The zero-order chi connectivity index (χ0) is 18.2. The molecule has 7 nitrogen and oxygen atoms in total. The number of carbonyl (C=O) groups excluding carboxylic acids is 2. The largest absolute Gasteiger partial charge is 0.755 e. The number of amides is 2. The molecule has 24 heavy (non-hydrogen) atoms. The standard InChI is InChI=1S/C15H27N3O4S.W/c1-8-10-9-15(10,12(20)17-23(21)22)16-11(19)13(2,3)14(4,5)18(6)7;/h8,10H,1,9H2,2-7H3,(H,16,19)(H,17,20)(H,21,22);/p-1/t10-,15-;/m1./s1. The van der Waals surface area contributed by atoms with Crippen molar-refractivity contribution in [3.63, 3.8) is 0 Å². The van der Waals surface area contributed by atoms with Gasteiger partial charge in [-0.3, -0.25) is 18.5 Å². The van der Waals surface area contributed by atoms with Crippen molar-refractivity contribution in [2.24, 2.45) is 11.3 Å². The van der Waals surface area contributed by atoms with E-state index in [1.807, 2.05) is 37.6 Å². The van der Waals surface area contributed by atoms with Crippen LogP contribution in [0.25, 0.3) is 0 Å². The van der Waals surface area contributed by atoms with Gasteiger partial charge in [-0.05, 0) is 48.2 Å². The molecule has 1 aliphatic carbocycles. The Labute approximate surface area is 160 Å². The predicted octanol–water partition coefficient (Wildman–Crippen LogP) is 0.322. The van der Waals surface area contributed by atoms with Gasteiger partial charge in [0.25, 0.3) is 5.91 Å². The molecule has 3 atom stereocenters. The third kappa shape index (κ3) is 4.15. The Hall–Kier alpha value is -0.562. The van der Waals surface area contributed by atoms with Gasteiger partial charge in [-0.15, -0.1) is 6.58 Å². The minimum absolute atomic E-state index is 0. The van der Waals surface area contributed by atoms with Crippen molar-refractivity contribution in [3.8, 4) is 0 Å². The number of nitrogens with one attached hydrogen (secondary N) is 2. The van der Waals surface area contributed by atoms with Gasteiger partial charge >= 0.3 is 0 Å². The molecular formula is C15H26N3O4SW-. The molecule has 2 amide bonds. The number of carbonyl (C=O) groups is 2. The summed E-state index contributed by atoms with van der Waals surface area (Å²) in [5.41, 5.74) is -2.53. The summed E-state index contributed by atoms with van der Waals surface area (Å²) >= 11 is -2.72. The predicted molar refractivity (Wildman–Crippen MR) is 87.8 cm³/mol. The zero-order valence-electron chi connectivity index (χ0n) is 15.0. The topological polar surface area (TPSA) is 102 Å². The van der Waals surface area contributed by atoms with Gasteiger partial charge in [0.15, 0.2) is 0 Å². The Morgan fingerprint density at radius 1 is 1.33 bits per heavy atom. The molecule has 1 saturated carbocycles. The van der Waals surface area contributed by atoms with E-state index in [0.29, 0.717) is 6.42 Å². The Morgan fingerprint density at radius 2 is 1.83 bits per heavy atom. The molecule has 0 radical (unpaired) electrons. The first kappa shape index (κ1) is 23.4. The van der Waals surface area contributed by atoms with Crippen LogP contribution in [0.15, 0.2) is 12.7 Å². The van der Waals surface area contributed by atoms with Crippen LogP contribution in [0, 0.1) is 11.3 Å². The van der Waals surface area contributed by atoms with Gasteiger partial charge in [0.05, 0.1) is 5.41 Å². The molecule has 0 heterocycles. The summed E-state index contributed by atoms with van der Waals surface area (Å²) < 4.78 is 23.3. The quantitative estimate of drug-likeness (QED) is 0.367. The Morgan fingerprint density at radius 3 is 2.17 bits per heavy atom. The molecule has 1 fully saturated rings. The van der Waals surface area contributed by atoms with E-state index in [0.717, 1.165) is 0 Å². The number of rotatable bonds is 7. The van der Waals surface area contributed by atoms with Crippen LogP contribution in [0.2, 0.25) is 0 Å². The monoisotopic (exact) mass is 528 g/mol. The summed E-state index contributed by atoms with van der Waals surface area (Å²) in [5.74, 6) is -1.33. The molecule has 0 aromatic rings. The summed E-state index contributed by atoms with van der Waals surface area (Å²) in [4.78, 5) is 26.9. The molecule has 2 N–H and O–H groups in total. The summed E-state index contributed by atoms with van der Waals surface area (Å²) in [6, 6.07) is 0. The molecule has 0 aliphatic heterocycles. The van der Waals surface area contributed by atoms with Crippen LogP contribution in [-0.2, 0) is 41.9 Å². The molecule has 0 aromatic heterocycles. The van der Waals surface area contributed by atoms with Gasteiger partial charge in [0.1, 0.15) is 5.54 Å². The van der Waals surface area contributed by atoms with Crippen LogP contribution in [-0.4, -0.2) is 50.6 Å². The van der Waals surface area contributed by atoms with Crippen molar-refractivity contribution in [3.05, 3.63) is 12.7 Å². The average Bonchev–Trinajstić information content (AvgIpc) is 3.12. The molecule has 138 valence electrons. The van der Waals surface area contributed by atoms with Crippen LogP contribution in [0.5, 0.6) is 0 Å². The van der Waals surface area contributed by atoms with Crippen molar-refractivity contribution in [2.75, 3.05) is 14.1 Å². The van der Waals surface area contributed by atoms with Crippen LogP contribution >= 0.6 is 0 Å². The number of nitrogens with zero attached hydrogens (tertiary/aromatic N) is 1. The molecule has 1 aliphatic rings. The third-order valence-electron chi connectivity index (χ3n) is 5.43. The first-order valence-corrected chi connectivity index (χ1v) is 8.43. The molecule has 9 heteroatoms. The first-order valence-electron chi connectivity index (χ1n) is 7.36. The minimum atomic E-state index is -2.72. The van der Waals surface area contributed by atoms with Gasteiger partial charge < -0.3 is 14.8 Å². The molecule has 0 saturated heterocycles. The van der Waals surface area contributed by atoms with E-state index >= 15 is 0 Å². The van der Waals surface area contributed by atoms with Crippen molar-refractivity contribution < 1.29 is 39.4 Å². The van der Waals surface area contributed by atoms with E-state index in [1.165, 1.54) is 0 Å². The second-order valence-electron chi connectivity index (χ2n) is 7.22. The van der Waals surface area contributed by atoms with Crippen molar-refractivity contribution >= 4 is 23.1 Å². The van der Waals surface area contributed by atoms with Crippen LogP contribution < -0.4 is 10.0 Å². The van der Waals surface area contributed by atoms with Crippen molar-refractivity contribution in [2.45, 2.75) is 45.2 Å². The molecule has 1 rings (SSSR count). The normalized spacial score (nSPS) is 24.6. The Balaban J connectivity index is 0.00000529. The minimum Gasteiger partial charge on any atom is -0.755 e. The second-order valence-corrected chi connectivity index (χ2v) is 7.89. The third-order valence-corrected chi connectivity index (χ3v) is 5.78. The Kier molecular flexibility index (Phi) is 7.59. The first-order chi connectivity index (χ1) is 10.3. The fourth-order valence-corrected chi connectivity index (χ4v) is 2.73. The van der Waals surface area contributed by atoms with Crippen molar-refractivity contribution in [1.82, 2.24) is 14.9 Å². The second kappa shape index (κ2) is 7.77. The van der Waals surface area contributed by atoms with Crippen molar-refractivity contribution in [1.29, 1.82) is 0 Å². The van der Waals surface area contributed by atoms with Crippen LogP contribution in [0.1, 0.15) is 34.1 Å². The molecule has 0 aromatic carbocycles. The molecule has 0 spiro atoms. The van der Waals surface area contributed by atoms with E-state index in [4.69, 9.17) is 0 Å². The van der Waals surface area contributed by atoms with E-state index in [2.05, 4.69) is 11.9 Å². The maximum Gasteiger partial charge on any atom is 0.257 e.